The Morgan fingerprint density at radius 2 is 1.89 bits per heavy atom. The van der Waals surface area contributed by atoms with Crippen LogP contribution in [0.4, 0.5) is 14.9 Å². The molecule has 0 aliphatic heterocycles. The monoisotopic (exact) mass is 537 g/mol. The van der Waals surface area contributed by atoms with Gasteiger partial charge < -0.3 is 9.30 Å². The van der Waals surface area contributed by atoms with Crippen molar-refractivity contribution < 1.29 is 27.1 Å². The van der Waals surface area contributed by atoms with Gasteiger partial charge in [-0.1, -0.05) is 17.7 Å². The number of aryl methyl sites for hydroxylation is 1. The maximum atomic E-state index is 14.6. The molecule has 0 unspecified atom stereocenters. The summed E-state index contributed by atoms with van der Waals surface area (Å²) in [5.41, 5.74) is 1.81. The molecule has 36 heavy (non-hydrogen) atoms. The Balaban J connectivity index is 1.79. The highest BCUT2D eigenvalue weighted by Crippen LogP contribution is 2.27. The first-order valence-corrected chi connectivity index (χ1v) is 12.4. The largest absolute Gasteiger partial charge is 0.443 e. The molecule has 13 heteroatoms. The molecule has 0 aliphatic carbocycles. The lowest BCUT2D eigenvalue weighted by Crippen LogP contribution is -2.42. The predicted octanol–water partition coefficient (Wildman–Crippen LogP) is 3.87. The van der Waals surface area contributed by atoms with Crippen molar-refractivity contribution in [2.75, 3.05) is 11.9 Å². The average molecular weight is 538 g/mol. The van der Waals surface area contributed by atoms with E-state index in [9.17, 15) is 22.4 Å². The number of imidazole rings is 1. The Hall–Kier alpha value is -3.48. The molecule has 3 rings (SSSR count). The maximum Gasteiger partial charge on any atom is 0.414 e. The molecule has 2 N–H and O–H groups in total. The Morgan fingerprint density at radius 3 is 2.50 bits per heavy atom. The molecular formula is C23H25ClFN5O5S. The molecular weight excluding hydrogens is 513 g/mol. The van der Waals surface area contributed by atoms with E-state index >= 15 is 0 Å². The minimum absolute atomic E-state index is 0.236. The van der Waals surface area contributed by atoms with Crippen LogP contribution in [-0.4, -0.2) is 42.6 Å². The second-order valence-electron chi connectivity index (χ2n) is 8.84. The Morgan fingerprint density at radius 1 is 1.19 bits per heavy atom. The molecule has 1 aromatic heterocycles. The van der Waals surface area contributed by atoms with Gasteiger partial charge in [-0.25, -0.2) is 22.6 Å². The van der Waals surface area contributed by atoms with E-state index in [1.165, 1.54) is 49.8 Å². The lowest BCUT2D eigenvalue weighted by molar-refractivity contribution is 0.0589. The first-order chi connectivity index (χ1) is 16.7. The first-order valence-electron chi connectivity index (χ1n) is 10.5. The summed E-state index contributed by atoms with van der Waals surface area (Å²) < 4.78 is 47.1. The number of anilines is 1. The first kappa shape index (κ1) is 27.1. The normalized spacial score (nSPS) is 11.8. The van der Waals surface area contributed by atoms with Gasteiger partial charge in [-0.05, 0) is 51.1 Å². The molecule has 0 saturated heterocycles. The number of hydrogen-bond acceptors (Lipinski definition) is 6. The fourth-order valence-corrected chi connectivity index (χ4v) is 4.10. The summed E-state index contributed by atoms with van der Waals surface area (Å²) in [6.45, 7) is 5.11. The molecule has 1 heterocycles. The number of amides is 2. The Labute approximate surface area is 213 Å². The van der Waals surface area contributed by atoms with E-state index in [4.69, 9.17) is 16.3 Å². The molecule has 0 saturated carbocycles. The van der Waals surface area contributed by atoms with Crippen LogP contribution in [0.2, 0.25) is 5.02 Å². The number of hydrogen-bond donors (Lipinski definition) is 2. The lowest BCUT2D eigenvalue weighted by atomic mass is 10.1. The lowest BCUT2D eigenvalue weighted by Gasteiger charge is -2.24. The number of benzene rings is 2. The van der Waals surface area contributed by atoms with E-state index in [0.717, 1.165) is 4.90 Å². The van der Waals surface area contributed by atoms with E-state index < -0.39 is 39.0 Å². The van der Waals surface area contributed by atoms with Gasteiger partial charge in [-0.15, -0.1) is 4.83 Å². The summed E-state index contributed by atoms with van der Waals surface area (Å²) in [7, 11) is -1.13. The summed E-state index contributed by atoms with van der Waals surface area (Å²) in [4.78, 5) is 31.9. The van der Waals surface area contributed by atoms with Crippen molar-refractivity contribution in [3.05, 3.63) is 65.3 Å². The van der Waals surface area contributed by atoms with Crippen molar-refractivity contribution in [3.8, 4) is 11.3 Å². The molecule has 3 aromatic rings. The number of nitrogens with one attached hydrogen (secondary N) is 2. The second-order valence-corrected chi connectivity index (χ2v) is 10.9. The molecule has 0 radical (unpaired) electrons. The quantitative estimate of drug-likeness (QED) is 0.460. The van der Waals surface area contributed by atoms with E-state index in [1.807, 2.05) is 10.3 Å². The zero-order valence-electron chi connectivity index (χ0n) is 20.2. The summed E-state index contributed by atoms with van der Waals surface area (Å²) >= 11 is 5.95. The molecule has 2 amide bonds. The van der Waals surface area contributed by atoms with Crippen LogP contribution in [0.3, 0.4) is 0 Å². The van der Waals surface area contributed by atoms with Crippen LogP contribution < -0.4 is 15.2 Å². The predicted molar refractivity (Wildman–Crippen MR) is 132 cm³/mol. The van der Waals surface area contributed by atoms with E-state index in [1.54, 1.807) is 38.6 Å². The third-order valence-electron chi connectivity index (χ3n) is 4.75. The van der Waals surface area contributed by atoms with Crippen molar-refractivity contribution >= 4 is 39.3 Å². The van der Waals surface area contributed by atoms with Gasteiger partial charge in [0.05, 0.1) is 27.5 Å². The standard InChI is InChI=1S/C23H25ClFN5O5S/c1-23(2,3)35-22(32)30(5)15-7-6-8-16(11-15)36(33,34)28-27-21(31)17-9-14(10-18(24)20(17)25)19-12-29(4)13-26-19/h6-13,28H,1-5H3,(H,27,31). The number of sulfonamides is 1. The SMILES string of the molecule is CN(C(=O)OC(C)(C)C)c1cccc(S(=O)(=O)NNC(=O)c2cc(-c3cn(C)cn3)cc(Cl)c2F)c1. The van der Waals surface area contributed by atoms with Gasteiger partial charge in [0.25, 0.3) is 15.9 Å². The molecule has 0 fully saturated rings. The van der Waals surface area contributed by atoms with Crippen LogP contribution in [-0.2, 0) is 21.8 Å². The highest BCUT2D eigenvalue weighted by molar-refractivity contribution is 7.89. The number of halogens is 2. The molecule has 10 nitrogen and oxygen atoms in total. The highest BCUT2D eigenvalue weighted by Gasteiger charge is 2.24. The van der Waals surface area contributed by atoms with E-state index in [-0.39, 0.29) is 15.6 Å². The van der Waals surface area contributed by atoms with Crippen LogP contribution in [0.25, 0.3) is 11.3 Å². The van der Waals surface area contributed by atoms with Crippen molar-refractivity contribution in [1.29, 1.82) is 0 Å². The van der Waals surface area contributed by atoms with E-state index in [0.29, 0.717) is 11.3 Å². The zero-order chi connectivity index (χ0) is 26.8. The third-order valence-corrected chi connectivity index (χ3v) is 6.28. The maximum absolute atomic E-state index is 14.6. The van der Waals surface area contributed by atoms with E-state index in [2.05, 4.69) is 4.98 Å². The Bertz CT molecular complexity index is 1420. The van der Waals surface area contributed by atoms with Crippen LogP contribution in [0.1, 0.15) is 31.1 Å². The van der Waals surface area contributed by atoms with Crippen molar-refractivity contribution in [3.63, 3.8) is 0 Å². The molecule has 0 aliphatic rings. The molecule has 192 valence electrons. The molecule has 2 aromatic carbocycles. The zero-order valence-corrected chi connectivity index (χ0v) is 21.7. The number of carbonyl (C=O) groups is 2. The van der Waals surface area contributed by atoms with Crippen LogP contribution in [0.15, 0.2) is 53.8 Å². The third kappa shape index (κ3) is 6.39. The summed E-state index contributed by atoms with van der Waals surface area (Å²) in [6, 6.07) is 7.94. The Kier molecular flexibility index (Phi) is 7.72. The fraction of sp³-hybridized carbons (Fsp3) is 0.261. The number of carbonyl (C=O) groups excluding carboxylic acids is 2. The number of aromatic nitrogens is 2. The van der Waals surface area contributed by atoms with Gasteiger partial charge in [0.2, 0.25) is 0 Å². The summed E-state index contributed by atoms with van der Waals surface area (Å²) in [5, 5.41) is -0.330. The fourth-order valence-electron chi connectivity index (χ4n) is 3.00. The average Bonchev–Trinajstić information content (AvgIpc) is 3.24. The number of hydrazine groups is 1. The minimum Gasteiger partial charge on any atom is -0.443 e. The molecule has 0 bridgehead atoms. The van der Waals surface area contributed by atoms with Gasteiger partial charge >= 0.3 is 6.09 Å². The van der Waals surface area contributed by atoms with Gasteiger partial charge in [0, 0.05) is 31.5 Å². The summed E-state index contributed by atoms with van der Waals surface area (Å²) in [6.07, 6.45) is 2.49. The number of nitrogens with zero attached hydrogens (tertiary/aromatic N) is 3. The molecule has 0 atom stereocenters. The number of rotatable bonds is 6. The number of ether oxygens (including phenoxy) is 1. The van der Waals surface area contributed by atoms with Crippen LogP contribution in [0.5, 0.6) is 0 Å². The van der Waals surface area contributed by atoms with Crippen molar-refractivity contribution in [1.82, 2.24) is 19.8 Å². The van der Waals surface area contributed by atoms with Gasteiger partial charge in [0.1, 0.15) is 5.60 Å². The van der Waals surface area contributed by atoms with Crippen LogP contribution in [0, 0.1) is 5.82 Å². The van der Waals surface area contributed by atoms with Crippen LogP contribution >= 0.6 is 11.6 Å². The minimum atomic E-state index is -4.29. The second kappa shape index (κ2) is 10.2. The van der Waals surface area contributed by atoms with Gasteiger partial charge in [0.15, 0.2) is 5.82 Å². The van der Waals surface area contributed by atoms with Gasteiger partial charge in [-0.2, -0.15) is 0 Å². The molecule has 0 spiro atoms. The summed E-state index contributed by atoms with van der Waals surface area (Å²) in [5.74, 6) is -2.09. The smallest absolute Gasteiger partial charge is 0.414 e. The highest BCUT2D eigenvalue weighted by atomic mass is 35.5. The van der Waals surface area contributed by atoms with Crippen molar-refractivity contribution in [2.45, 2.75) is 31.3 Å². The van der Waals surface area contributed by atoms with Gasteiger partial charge in [-0.3, -0.25) is 15.1 Å². The topological polar surface area (TPSA) is 123 Å². The van der Waals surface area contributed by atoms with Crippen molar-refractivity contribution in [2.24, 2.45) is 7.05 Å².